The van der Waals surface area contributed by atoms with Crippen molar-refractivity contribution < 1.29 is 29.3 Å². The van der Waals surface area contributed by atoms with E-state index >= 15 is 0 Å². The third-order valence-corrected chi connectivity index (χ3v) is 9.84. The number of rotatable bonds is 7. The molecule has 47 heavy (non-hydrogen) atoms. The molecule has 9 nitrogen and oxygen atoms in total. The minimum absolute atomic E-state index is 0.186. The van der Waals surface area contributed by atoms with Gasteiger partial charge in [-0.1, -0.05) is 78.4 Å². The molecule has 2 aliphatic heterocycles. The quantitative estimate of drug-likeness (QED) is 0.0575. The summed E-state index contributed by atoms with van der Waals surface area (Å²) in [5, 5.41) is 34.5. The van der Waals surface area contributed by atoms with E-state index in [9.17, 15) is 29.8 Å². The number of benzene rings is 4. The molecule has 7 rings (SSSR count). The predicted molar refractivity (Wildman–Crippen MR) is 180 cm³/mol. The molecule has 2 N–H and O–H groups in total. The summed E-state index contributed by atoms with van der Waals surface area (Å²) in [7, 11) is -1.11. The van der Waals surface area contributed by atoms with Gasteiger partial charge in [-0.25, -0.2) is 4.90 Å². The number of hydrogen-bond acceptors (Lipinski definition) is 7. The van der Waals surface area contributed by atoms with Gasteiger partial charge in [0.2, 0.25) is 11.8 Å². The van der Waals surface area contributed by atoms with Gasteiger partial charge in [0.25, 0.3) is 5.69 Å². The largest absolute Gasteiger partial charge is 0.507 e. The van der Waals surface area contributed by atoms with Crippen LogP contribution in [0.25, 0.3) is 22.4 Å². The zero-order valence-corrected chi connectivity index (χ0v) is 25.8. The number of carbonyl (C=O) groups excluding carboxylic acids is 2. The Kier molecular flexibility index (Phi) is 7.99. The summed E-state index contributed by atoms with van der Waals surface area (Å²) in [6.07, 6.45) is 3.35. The third kappa shape index (κ3) is 5.53. The standard InChI is InChI=1S/C37H33BN2O7/c1-22-18-30-35(37(43)39(36(30)42)26-10-7-11-27(20-26)40(45)46)31-21-38(44)47-33(34(22)31)17-15-24(23-8-3-2-4-9-23)19-25-14-16-32(41)29-13-6-5-12-28(25)29/h2-14,16,19-20,30-31,33,35,41,44H,15,17-18,21H2,1H3/b24-19-/t30-,31+,33-,35-/m1/s1. The monoisotopic (exact) mass is 628 g/mol. The van der Waals surface area contributed by atoms with Crippen LogP contribution >= 0.6 is 0 Å². The number of phenolic OH excluding ortho intramolecular Hbond substituents is 1. The van der Waals surface area contributed by atoms with Crippen molar-refractivity contribution in [2.45, 2.75) is 38.6 Å². The number of nitrogens with zero attached hydrogens (tertiary/aromatic N) is 2. The zero-order chi connectivity index (χ0) is 32.8. The summed E-state index contributed by atoms with van der Waals surface area (Å²) < 4.78 is 6.17. The molecule has 4 atom stereocenters. The maximum atomic E-state index is 14.0. The molecule has 236 valence electrons. The van der Waals surface area contributed by atoms with Crippen molar-refractivity contribution in [1.29, 1.82) is 0 Å². The van der Waals surface area contributed by atoms with Crippen LogP contribution in [-0.2, 0) is 14.2 Å². The highest BCUT2D eigenvalue weighted by atomic mass is 16.6. The van der Waals surface area contributed by atoms with E-state index in [0.717, 1.165) is 43.5 Å². The first kappa shape index (κ1) is 30.6. The van der Waals surface area contributed by atoms with Gasteiger partial charge in [-0.05, 0) is 78.2 Å². The van der Waals surface area contributed by atoms with Gasteiger partial charge >= 0.3 is 7.12 Å². The Bertz CT molecular complexity index is 1970. The number of anilines is 1. The molecule has 0 unspecified atom stereocenters. The molecule has 1 aliphatic carbocycles. The van der Waals surface area contributed by atoms with Gasteiger partial charge in [-0.2, -0.15) is 0 Å². The topological polar surface area (TPSA) is 130 Å². The Balaban J connectivity index is 1.20. The van der Waals surface area contributed by atoms with Gasteiger partial charge in [0.1, 0.15) is 5.75 Å². The number of carbonyl (C=O) groups is 2. The van der Waals surface area contributed by atoms with Crippen LogP contribution in [0, 0.1) is 27.9 Å². The average Bonchev–Trinajstić information content (AvgIpc) is 3.32. The lowest BCUT2D eigenvalue weighted by atomic mass is 9.58. The maximum Gasteiger partial charge on any atom is 0.455 e. The predicted octanol–water partition coefficient (Wildman–Crippen LogP) is 6.80. The number of hydrogen-bond donors (Lipinski definition) is 2. The molecule has 0 bridgehead atoms. The van der Waals surface area contributed by atoms with E-state index in [2.05, 4.69) is 18.2 Å². The van der Waals surface area contributed by atoms with Crippen LogP contribution in [0.4, 0.5) is 11.4 Å². The van der Waals surface area contributed by atoms with Gasteiger partial charge in [-0.3, -0.25) is 19.7 Å². The molecule has 2 fully saturated rings. The molecule has 0 saturated carbocycles. The fourth-order valence-electron chi connectivity index (χ4n) is 7.78. The molecule has 3 aliphatic rings. The lowest BCUT2D eigenvalue weighted by Gasteiger charge is -2.42. The second kappa shape index (κ2) is 12.3. The first-order chi connectivity index (χ1) is 22.7. The SMILES string of the molecule is CC1=C2[C@@H](CC/C(=C/c3ccc(O)c4ccccc34)c3ccccc3)OB(O)C[C@@H]2[C@@H]2C(=O)N(c3cccc([N+](=O)[O-])c3)C(=O)[C@@H]2C1. The molecule has 2 heterocycles. The minimum atomic E-state index is -1.11. The lowest BCUT2D eigenvalue weighted by Crippen LogP contribution is -2.46. The smallest absolute Gasteiger partial charge is 0.455 e. The summed E-state index contributed by atoms with van der Waals surface area (Å²) in [5.41, 5.74) is 4.98. The zero-order valence-electron chi connectivity index (χ0n) is 25.8. The summed E-state index contributed by atoms with van der Waals surface area (Å²) in [5.74, 6) is -2.23. The molecule has 0 spiro atoms. The van der Waals surface area contributed by atoms with Crippen molar-refractivity contribution in [2.24, 2.45) is 17.8 Å². The van der Waals surface area contributed by atoms with Crippen molar-refractivity contribution in [3.05, 3.63) is 123 Å². The van der Waals surface area contributed by atoms with Crippen molar-refractivity contribution in [2.75, 3.05) is 4.90 Å². The van der Waals surface area contributed by atoms with Crippen LogP contribution in [0.15, 0.2) is 102 Å². The van der Waals surface area contributed by atoms with E-state index < -0.39 is 41.8 Å². The van der Waals surface area contributed by atoms with Crippen LogP contribution in [-0.4, -0.2) is 40.1 Å². The second-order valence-electron chi connectivity index (χ2n) is 12.6. The van der Waals surface area contributed by atoms with E-state index in [0.29, 0.717) is 19.3 Å². The Morgan fingerprint density at radius 2 is 1.72 bits per heavy atom. The normalized spacial score (nSPS) is 22.9. The Labute approximate surface area is 272 Å². The highest BCUT2D eigenvalue weighted by Gasteiger charge is 2.57. The van der Waals surface area contributed by atoms with Crippen LogP contribution in [0.5, 0.6) is 5.75 Å². The van der Waals surface area contributed by atoms with E-state index in [4.69, 9.17) is 4.65 Å². The molecular formula is C37H33BN2O7. The Morgan fingerprint density at radius 1 is 0.979 bits per heavy atom. The van der Waals surface area contributed by atoms with Gasteiger partial charge in [0.05, 0.1) is 28.6 Å². The molecule has 0 aromatic heterocycles. The number of phenols is 1. The van der Waals surface area contributed by atoms with Gasteiger partial charge in [0, 0.05) is 17.5 Å². The molecule has 2 saturated heterocycles. The fraction of sp³-hybridized carbons (Fsp3) is 0.243. The van der Waals surface area contributed by atoms with Crippen LogP contribution < -0.4 is 4.90 Å². The summed E-state index contributed by atoms with van der Waals surface area (Å²) in [6, 6.07) is 26.9. The highest BCUT2D eigenvalue weighted by molar-refractivity contribution is 6.43. The van der Waals surface area contributed by atoms with Gasteiger partial charge < -0.3 is 14.8 Å². The lowest BCUT2D eigenvalue weighted by molar-refractivity contribution is -0.384. The number of aromatic hydroxyl groups is 1. The van der Waals surface area contributed by atoms with E-state index in [1.54, 1.807) is 6.07 Å². The molecular weight excluding hydrogens is 595 g/mol. The Morgan fingerprint density at radius 3 is 2.49 bits per heavy atom. The van der Waals surface area contributed by atoms with Crippen molar-refractivity contribution >= 4 is 52.7 Å². The summed E-state index contributed by atoms with van der Waals surface area (Å²) in [4.78, 5) is 39.6. The maximum absolute atomic E-state index is 14.0. The fourth-order valence-corrected chi connectivity index (χ4v) is 7.78. The Hall–Kier alpha value is -5.06. The van der Waals surface area contributed by atoms with E-state index in [1.165, 1.54) is 24.3 Å². The molecule has 0 radical (unpaired) electrons. The van der Waals surface area contributed by atoms with Crippen molar-refractivity contribution in [3.63, 3.8) is 0 Å². The van der Waals surface area contributed by atoms with E-state index in [-0.39, 0.29) is 29.4 Å². The van der Waals surface area contributed by atoms with Crippen molar-refractivity contribution in [1.82, 2.24) is 0 Å². The number of nitro groups is 1. The number of amides is 2. The number of allylic oxidation sites excluding steroid dienone is 2. The molecule has 10 heteroatoms. The van der Waals surface area contributed by atoms with Crippen LogP contribution in [0.3, 0.4) is 0 Å². The van der Waals surface area contributed by atoms with Gasteiger partial charge in [-0.15, -0.1) is 0 Å². The van der Waals surface area contributed by atoms with E-state index in [1.807, 2.05) is 55.5 Å². The molecule has 2 amide bonds. The number of fused-ring (bicyclic) bond motifs is 4. The van der Waals surface area contributed by atoms with Crippen LogP contribution in [0.1, 0.15) is 37.3 Å². The number of nitro benzene ring substituents is 1. The minimum Gasteiger partial charge on any atom is -0.507 e. The molecule has 4 aromatic rings. The van der Waals surface area contributed by atoms with Gasteiger partial charge in [0.15, 0.2) is 0 Å². The number of imide groups is 1. The van der Waals surface area contributed by atoms with Crippen LogP contribution in [0.2, 0.25) is 6.32 Å². The summed E-state index contributed by atoms with van der Waals surface area (Å²) in [6.45, 7) is 1.97. The third-order valence-electron chi connectivity index (χ3n) is 9.84. The summed E-state index contributed by atoms with van der Waals surface area (Å²) >= 11 is 0. The average molecular weight is 628 g/mol. The van der Waals surface area contributed by atoms with Crippen molar-refractivity contribution in [3.8, 4) is 5.75 Å². The second-order valence-corrected chi connectivity index (χ2v) is 12.6. The highest BCUT2D eigenvalue weighted by Crippen LogP contribution is 2.51. The first-order valence-corrected chi connectivity index (χ1v) is 15.8. The number of non-ortho nitro benzene ring substituents is 1. The molecule has 4 aromatic carbocycles. The first-order valence-electron chi connectivity index (χ1n) is 15.8.